The standard InChI is InChI=1S/C15H15N2O4/c1-2-21-15-7-6-12(10-13(15)17(19)20)14(18)11-16-8-4-3-5-9-16/h3-10H,2,11H2,1H3/q+1. The number of aromatic nitrogens is 1. The van der Waals surface area contributed by atoms with Gasteiger partial charge >= 0.3 is 5.69 Å². The van der Waals surface area contributed by atoms with Gasteiger partial charge < -0.3 is 4.74 Å². The summed E-state index contributed by atoms with van der Waals surface area (Å²) >= 11 is 0. The molecule has 0 spiro atoms. The molecule has 0 atom stereocenters. The van der Waals surface area contributed by atoms with Crippen molar-refractivity contribution in [3.63, 3.8) is 0 Å². The van der Waals surface area contributed by atoms with Crippen LogP contribution >= 0.6 is 0 Å². The minimum Gasteiger partial charge on any atom is -0.487 e. The van der Waals surface area contributed by atoms with E-state index in [0.29, 0.717) is 12.2 Å². The molecule has 0 bridgehead atoms. The van der Waals surface area contributed by atoms with Crippen molar-refractivity contribution in [3.05, 3.63) is 64.5 Å². The maximum absolute atomic E-state index is 12.2. The van der Waals surface area contributed by atoms with E-state index in [9.17, 15) is 14.9 Å². The second-order valence-electron chi connectivity index (χ2n) is 4.34. The number of benzene rings is 1. The van der Waals surface area contributed by atoms with Crippen LogP contribution in [0.25, 0.3) is 0 Å². The third kappa shape index (κ3) is 3.62. The van der Waals surface area contributed by atoms with Crippen molar-refractivity contribution in [1.82, 2.24) is 0 Å². The summed E-state index contributed by atoms with van der Waals surface area (Å²) in [5.74, 6) is -0.0243. The van der Waals surface area contributed by atoms with E-state index in [4.69, 9.17) is 4.74 Å². The van der Waals surface area contributed by atoms with Gasteiger partial charge in [0.25, 0.3) is 0 Å². The van der Waals surface area contributed by atoms with E-state index in [-0.39, 0.29) is 23.8 Å². The zero-order valence-corrected chi connectivity index (χ0v) is 11.6. The molecule has 6 nitrogen and oxygen atoms in total. The largest absolute Gasteiger partial charge is 0.487 e. The number of rotatable bonds is 6. The first-order chi connectivity index (χ1) is 10.1. The number of Topliss-reactive ketones (excluding diaryl/α,β-unsaturated/α-hetero) is 1. The molecule has 0 fully saturated rings. The Bertz CT molecular complexity index is 656. The molecule has 0 aliphatic rings. The van der Waals surface area contributed by atoms with Crippen molar-refractivity contribution in [2.75, 3.05) is 6.61 Å². The number of nitro groups is 1. The quantitative estimate of drug-likeness (QED) is 0.353. The van der Waals surface area contributed by atoms with Gasteiger partial charge in [-0.05, 0) is 19.1 Å². The molecule has 0 aliphatic carbocycles. The maximum atomic E-state index is 12.2. The predicted molar refractivity (Wildman–Crippen MR) is 75.2 cm³/mol. The number of carbonyl (C=O) groups is 1. The van der Waals surface area contributed by atoms with Crippen molar-refractivity contribution in [2.45, 2.75) is 13.5 Å². The van der Waals surface area contributed by atoms with Crippen molar-refractivity contribution in [1.29, 1.82) is 0 Å². The molecule has 0 radical (unpaired) electrons. The van der Waals surface area contributed by atoms with E-state index in [1.54, 1.807) is 30.0 Å². The van der Waals surface area contributed by atoms with Crippen LogP contribution in [0.15, 0.2) is 48.8 Å². The zero-order valence-electron chi connectivity index (χ0n) is 11.6. The number of pyridine rings is 1. The molecule has 0 unspecified atom stereocenters. The molecule has 108 valence electrons. The normalized spacial score (nSPS) is 10.1. The minimum atomic E-state index is -0.544. The Kier molecular flexibility index (Phi) is 4.61. The number of carbonyl (C=O) groups excluding carboxylic acids is 1. The van der Waals surface area contributed by atoms with Crippen LogP contribution in [0.5, 0.6) is 5.75 Å². The van der Waals surface area contributed by atoms with Crippen LogP contribution in [-0.2, 0) is 6.54 Å². The lowest BCUT2D eigenvalue weighted by molar-refractivity contribution is -0.683. The van der Waals surface area contributed by atoms with E-state index in [0.717, 1.165) is 0 Å². The highest BCUT2D eigenvalue weighted by molar-refractivity contribution is 5.96. The molecule has 1 heterocycles. The summed E-state index contributed by atoms with van der Waals surface area (Å²) in [5, 5.41) is 11.0. The minimum absolute atomic E-state index is 0.131. The third-order valence-corrected chi connectivity index (χ3v) is 2.88. The number of ether oxygens (including phenoxy) is 1. The van der Waals surface area contributed by atoms with Gasteiger partial charge in [-0.15, -0.1) is 0 Å². The summed E-state index contributed by atoms with van der Waals surface area (Å²) in [5.41, 5.74) is 0.0993. The summed E-state index contributed by atoms with van der Waals surface area (Å²) in [7, 11) is 0. The van der Waals surface area contributed by atoms with Crippen LogP contribution < -0.4 is 9.30 Å². The molecule has 21 heavy (non-hydrogen) atoms. The topological polar surface area (TPSA) is 73.3 Å². The van der Waals surface area contributed by atoms with Crippen molar-refractivity contribution >= 4 is 11.5 Å². The maximum Gasteiger partial charge on any atom is 0.311 e. The summed E-state index contributed by atoms with van der Waals surface area (Å²) in [4.78, 5) is 22.7. The fraction of sp³-hybridized carbons (Fsp3) is 0.200. The predicted octanol–water partition coefficient (Wildman–Crippen LogP) is 2.16. The first-order valence-corrected chi connectivity index (χ1v) is 6.50. The molecule has 2 rings (SSSR count). The fourth-order valence-corrected chi connectivity index (χ4v) is 1.91. The zero-order chi connectivity index (χ0) is 15.2. The van der Waals surface area contributed by atoms with Gasteiger partial charge in [-0.25, -0.2) is 0 Å². The second-order valence-corrected chi connectivity index (χ2v) is 4.34. The second kappa shape index (κ2) is 6.60. The number of hydrogen-bond donors (Lipinski definition) is 0. The molecule has 1 aromatic carbocycles. The number of nitro benzene ring substituents is 1. The monoisotopic (exact) mass is 287 g/mol. The van der Waals surface area contributed by atoms with Crippen molar-refractivity contribution < 1.29 is 19.0 Å². The van der Waals surface area contributed by atoms with Gasteiger partial charge in [-0.1, -0.05) is 6.07 Å². The lowest BCUT2D eigenvalue weighted by Gasteiger charge is -2.05. The average molecular weight is 287 g/mol. The molecule has 0 saturated heterocycles. The molecule has 0 aliphatic heterocycles. The lowest BCUT2D eigenvalue weighted by atomic mass is 10.1. The molecule has 1 aromatic heterocycles. The van der Waals surface area contributed by atoms with E-state index >= 15 is 0 Å². The third-order valence-electron chi connectivity index (χ3n) is 2.88. The summed E-state index contributed by atoms with van der Waals surface area (Å²) in [6, 6.07) is 9.75. The summed E-state index contributed by atoms with van der Waals surface area (Å²) < 4.78 is 6.91. The van der Waals surface area contributed by atoms with Gasteiger partial charge in [-0.3, -0.25) is 14.9 Å². The Labute approximate surface area is 121 Å². The number of nitrogens with zero attached hydrogens (tertiary/aromatic N) is 2. The molecule has 0 amide bonds. The van der Waals surface area contributed by atoms with Gasteiger partial charge in [0.05, 0.1) is 11.5 Å². The highest BCUT2D eigenvalue weighted by Crippen LogP contribution is 2.28. The Balaban J connectivity index is 2.25. The molecule has 6 heteroatoms. The first kappa shape index (κ1) is 14.6. The average Bonchev–Trinajstić information content (AvgIpc) is 2.48. The molecule has 0 N–H and O–H groups in total. The highest BCUT2D eigenvalue weighted by atomic mass is 16.6. The van der Waals surface area contributed by atoms with Gasteiger partial charge in [0.1, 0.15) is 0 Å². The van der Waals surface area contributed by atoms with Gasteiger partial charge in [0.15, 0.2) is 18.1 Å². The Hall–Kier alpha value is -2.76. The SMILES string of the molecule is CCOc1ccc(C(=O)C[n+]2ccccc2)cc1[N+](=O)[O-]. The number of hydrogen-bond acceptors (Lipinski definition) is 4. The van der Waals surface area contributed by atoms with Crippen molar-refractivity contribution in [2.24, 2.45) is 0 Å². The van der Waals surface area contributed by atoms with E-state index in [1.165, 1.54) is 12.1 Å². The van der Waals surface area contributed by atoms with Crippen LogP contribution in [0.4, 0.5) is 5.69 Å². The van der Waals surface area contributed by atoms with Gasteiger partial charge in [0, 0.05) is 23.8 Å². The van der Waals surface area contributed by atoms with Crippen LogP contribution in [0.3, 0.4) is 0 Å². The molecule has 0 saturated carbocycles. The van der Waals surface area contributed by atoms with E-state index < -0.39 is 4.92 Å². The first-order valence-electron chi connectivity index (χ1n) is 6.50. The summed E-state index contributed by atoms with van der Waals surface area (Å²) in [6.45, 7) is 2.20. The smallest absolute Gasteiger partial charge is 0.311 e. The fourth-order valence-electron chi connectivity index (χ4n) is 1.91. The van der Waals surface area contributed by atoms with Crippen molar-refractivity contribution in [3.8, 4) is 5.75 Å². The van der Waals surface area contributed by atoms with Crippen LogP contribution in [0.2, 0.25) is 0 Å². The molecular weight excluding hydrogens is 272 g/mol. The van der Waals surface area contributed by atoms with Crippen LogP contribution in [-0.4, -0.2) is 17.3 Å². The number of ketones is 1. The van der Waals surface area contributed by atoms with E-state index in [1.807, 2.05) is 18.2 Å². The Morgan fingerprint density at radius 2 is 2.00 bits per heavy atom. The van der Waals surface area contributed by atoms with Crippen LogP contribution in [0.1, 0.15) is 17.3 Å². The highest BCUT2D eigenvalue weighted by Gasteiger charge is 2.20. The summed E-state index contributed by atoms with van der Waals surface area (Å²) in [6.07, 6.45) is 3.53. The van der Waals surface area contributed by atoms with Gasteiger partial charge in [-0.2, -0.15) is 4.57 Å². The molecular formula is C15H15N2O4+. The van der Waals surface area contributed by atoms with Gasteiger partial charge in [0.2, 0.25) is 12.3 Å². The van der Waals surface area contributed by atoms with E-state index in [2.05, 4.69) is 0 Å². The Morgan fingerprint density at radius 1 is 1.29 bits per heavy atom. The Morgan fingerprint density at radius 3 is 2.62 bits per heavy atom. The van der Waals surface area contributed by atoms with Crippen LogP contribution in [0, 0.1) is 10.1 Å². The lowest BCUT2D eigenvalue weighted by Crippen LogP contribution is -2.36. The molecule has 2 aromatic rings.